The van der Waals surface area contributed by atoms with Gasteiger partial charge in [0.2, 0.25) is 0 Å². The molecule has 0 saturated carbocycles. The fourth-order valence-corrected chi connectivity index (χ4v) is 11.3. The van der Waals surface area contributed by atoms with Gasteiger partial charge < -0.3 is 4.57 Å². The molecule has 0 amide bonds. The summed E-state index contributed by atoms with van der Waals surface area (Å²) in [5.74, 6) is 0. The zero-order chi connectivity index (χ0) is 45.9. The average Bonchev–Trinajstić information content (AvgIpc) is 3.99. The molecule has 294 valence electrons. The summed E-state index contributed by atoms with van der Waals surface area (Å²) in [5.41, 5.74) is 16.9. The first kappa shape index (κ1) is 30.9. The largest absolute Gasteiger partial charge is 0.309 e. The van der Waals surface area contributed by atoms with Crippen molar-refractivity contribution in [1.29, 1.82) is 0 Å². The Labute approximate surface area is 374 Å². The molecule has 0 spiro atoms. The molecular weight excluding hydrogens is 759 g/mol. The zero-order valence-electron chi connectivity index (χ0n) is 39.2. The molecule has 11 aromatic rings. The summed E-state index contributed by atoms with van der Waals surface area (Å²) in [4.78, 5) is 0. The van der Waals surface area contributed by atoms with E-state index < -0.39 is 16.9 Å². The van der Waals surface area contributed by atoms with Crippen molar-refractivity contribution < 1.29 is 6.85 Å². The van der Waals surface area contributed by atoms with Crippen LogP contribution in [0, 0.1) is 0 Å². The summed E-state index contributed by atoms with van der Waals surface area (Å²) in [7, 11) is 0. The molecule has 0 unspecified atom stereocenters. The second-order valence-electron chi connectivity index (χ2n) is 16.8. The quantitative estimate of drug-likeness (QED) is 0.158. The van der Waals surface area contributed by atoms with Gasteiger partial charge in [-0.05, 0) is 114 Å². The Morgan fingerprint density at radius 1 is 0.317 bits per heavy atom. The lowest BCUT2D eigenvalue weighted by Crippen LogP contribution is -2.28. The topological polar surface area (TPSA) is 4.93 Å². The number of aromatic nitrogens is 1. The Kier molecular flexibility index (Phi) is 6.76. The Balaban J connectivity index is 1.17. The number of benzene rings is 10. The van der Waals surface area contributed by atoms with Gasteiger partial charge in [0.15, 0.2) is 0 Å². The van der Waals surface area contributed by atoms with Crippen LogP contribution in [0.4, 0.5) is 0 Å². The van der Waals surface area contributed by atoms with Crippen LogP contribution in [0.3, 0.4) is 0 Å². The van der Waals surface area contributed by atoms with Crippen LogP contribution in [0.15, 0.2) is 249 Å². The molecule has 0 radical (unpaired) electrons. The zero-order valence-corrected chi connectivity index (χ0v) is 34.2. The molecule has 0 aliphatic heterocycles. The highest BCUT2D eigenvalue weighted by Gasteiger charge is 2.48. The van der Waals surface area contributed by atoms with Gasteiger partial charge in [0.25, 0.3) is 0 Å². The first-order chi connectivity index (χ1) is 33.3. The van der Waals surface area contributed by atoms with E-state index in [0.29, 0.717) is 5.56 Å². The Morgan fingerprint density at radius 3 is 1.11 bits per heavy atom. The fraction of sp³-hybridized carbons (Fsp3) is 0.0323. The third kappa shape index (κ3) is 4.94. The maximum Gasteiger partial charge on any atom is 0.0714 e. The van der Waals surface area contributed by atoms with E-state index in [1.54, 1.807) is 0 Å². The Morgan fingerprint density at radius 2 is 0.698 bits per heavy atom. The molecule has 0 saturated heterocycles. The SMILES string of the molecule is [2H]c1c([2H])c([2H])c(-c2ccc(-n3c4cc5c(cc4c4cc6c(cc43)C(c3ccccc3)(c3ccccc3)c3ccccc3-6)-c3ccccc3C5(c3ccccc3)c3ccccc3)cc2)c([2H])c1[2H]. The van der Waals surface area contributed by atoms with E-state index in [0.717, 1.165) is 27.5 Å². The molecule has 10 aromatic carbocycles. The smallest absolute Gasteiger partial charge is 0.0714 e. The fourth-order valence-electron chi connectivity index (χ4n) is 11.3. The molecule has 63 heavy (non-hydrogen) atoms. The predicted octanol–water partition coefficient (Wildman–Crippen LogP) is 15.2. The molecule has 2 aliphatic rings. The van der Waals surface area contributed by atoms with Crippen LogP contribution in [0.25, 0.3) is 60.9 Å². The van der Waals surface area contributed by atoms with Crippen molar-refractivity contribution in [3.8, 4) is 39.1 Å². The molecule has 0 bridgehead atoms. The molecule has 0 fully saturated rings. The molecule has 1 heterocycles. The second-order valence-corrected chi connectivity index (χ2v) is 16.8. The van der Waals surface area contributed by atoms with Gasteiger partial charge in [-0.3, -0.25) is 0 Å². The molecular formula is C62H41N. The average molecular weight is 805 g/mol. The monoisotopic (exact) mass is 804 g/mol. The minimum absolute atomic E-state index is 0.182. The molecule has 0 N–H and O–H groups in total. The van der Waals surface area contributed by atoms with Crippen molar-refractivity contribution in [2.75, 3.05) is 0 Å². The Bertz CT molecular complexity index is 3520. The number of fused-ring (bicyclic) bond motifs is 9. The number of hydrogen-bond donors (Lipinski definition) is 0. The third-order valence-corrected chi connectivity index (χ3v) is 13.8. The lowest BCUT2D eigenvalue weighted by Gasteiger charge is -2.34. The van der Waals surface area contributed by atoms with Gasteiger partial charge >= 0.3 is 0 Å². The van der Waals surface area contributed by atoms with Crippen LogP contribution >= 0.6 is 0 Å². The van der Waals surface area contributed by atoms with Crippen molar-refractivity contribution in [2.45, 2.75) is 10.8 Å². The van der Waals surface area contributed by atoms with E-state index in [1.165, 1.54) is 66.8 Å². The maximum absolute atomic E-state index is 8.81. The molecule has 13 rings (SSSR count). The van der Waals surface area contributed by atoms with Gasteiger partial charge in [-0.15, -0.1) is 0 Å². The molecule has 1 nitrogen and oxygen atoms in total. The number of nitrogens with zero attached hydrogens (tertiary/aromatic N) is 1. The van der Waals surface area contributed by atoms with E-state index in [2.05, 4.69) is 199 Å². The predicted molar refractivity (Wildman–Crippen MR) is 261 cm³/mol. The van der Waals surface area contributed by atoms with Gasteiger partial charge in [0.05, 0.1) is 28.7 Å². The van der Waals surface area contributed by atoms with E-state index in [1.807, 2.05) is 24.3 Å². The van der Waals surface area contributed by atoms with E-state index >= 15 is 0 Å². The van der Waals surface area contributed by atoms with Crippen LogP contribution in [-0.2, 0) is 10.8 Å². The van der Waals surface area contributed by atoms with Crippen LogP contribution in [0.2, 0.25) is 0 Å². The van der Waals surface area contributed by atoms with E-state index in [9.17, 15) is 0 Å². The highest BCUT2D eigenvalue weighted by atomic mass is 15.0. The summed E-state index contributed by atoms with van der Waals surface area (Å²) >= 11 is 0. The van der Waals surface area contributed by atoms with Crippen molar-refractivity contribution in [2.24, 2.45) is 0 Å². The van der Waals surface area contributed by atoms with Crippen molar-refractivity contribution >= 4 is 21.8 Å². The molecule has 2 aliphatic carbocycles. The minimum Gasteiger partial charge on any atom is -0.309 e. The maximum atomic E-state index is 8.81. The summed E-state index contributed by atoms with van der Waals surface area (Å²) < 4.78 is 45.1. The van der Waals surface area contributed by atoms with Crippen molar-refractivity contribution in [3.63, 3.8) is 0 Å². The lowest BCUT2D eigenvalue weighted by molar-refractivity contribution is 0.768. The number of hydrogen-bond acceptors (Lipinski definition) is 0. The van der Waals surface area contributed by atoms with Gasteiger partial charge in [-0.2, -0.15) is 0 Å². The van der Waals surface area contributed by atoms with Gasteiger partial charge in [-0.25, -0.2) is 0 Å². The lowest BCUT2D eigenvalue weighted by atomic mass is 9.67. The third-order valence-electron chi connectivity index (χ3n) is 13.8. The summed E-state index contributed by atoms with van der Waals surface area (Å²) in [6, 6.07) is 77.2. The van der Waals surface area contributed by atoms with E-state index in [4.69, 9.17) is 6.85 Å². The van der Waals surface area contributed by atoms with Crippen molar-refractivity contribution in [3.05, 3.63) is 293 Å². The van der Waals surface area contributed by atoms with E-state index in [-0.39, 0.29) is 29.7 Å². The second kappa shape index (κ2) is 13.8. The van der Waals surface area contributed by atoms with Crippen LogP contribution in [-0.4, -0.2) is 4.57 Å². The molecule has 1 aromatic heterocycles. The van der Waals surface area contributed by atoms with Crippen molar-refractivity contribution in [1.82, 2.24) is 4.57 Å². The van der Waals surface area contributed by atoms with Gasteiger partial charge in [0, 0.05) is 16.5 Å². The first-order valence-electron chi connectivity index (χ1n) is 24.1. The summed E-state index contributed by atoms with van der Waals surface area (Å²) in [6.07, 6.45) is 0. The first-order valence-corrected chi connectivity index (χ1v) is 21.6. The molecule has 1 heteroatoms. The summed E-state index contributed by atoms with van der Waals surface area (Å²) in [6.45, 7) is 0. The summed E-state index contributed by atoms with van der Waals surface area (Å²) in [5, 5.41) is 2.25. The minimum atomic E-state index is -0.620. The van der Waals surface area contributed by atoms with Crippen LogP contribution < -0.4 is 0 Å². The van der Waals surface area contributed by atoms with Gasteiger partial charge in [0.1, 0.15) is 0 Å². The normalized spacial score (nSPS) is 15.1. The highest BCUT2D eigenvalue weighted by Crippen LogP contribution is 2.60. The van der Waals surface area contributed by atoms with Gasteiger partial charge in [-0.1, -0.05) is 212 Å². The van der Waals surface area contributed by atoms with Crippen LogP contribution in [0.1, 0.15) is 51.4 Å². The molecule has 0 atom stereocenters. The number of rotatable bonds is 6. The Hall–Kier alpha value is -8.00. The standard InChI is InChI=1S/C62H41N/c1-6-20-42(21-7-1)43-34-36-48(37-35-43)63-59-40-57-51(49-30-16-18-32-55(49)61(57,44-22-8-2-9-23-44)45-24-10-3-11-25-45)38-53(59)54-39-52-50-31-17-19-33-56(50)62(58(52)41-60(54)63,46-26-12-4-13-27-46)47-28-14-5-15-29-47/h1-41H/i1D,6D,7D,20D,21D. The van der Waals surface area contributed by atoms with Crippen LogP contribution in [0.5, 0.6) is 0 Å². The highest BCUT2D eigenvalue weighted by molar-refractivity contribution is 6.14.